The molecule has 2 aromatic rings. The average Bonchev–Trinajstić information content (AvgIpc) is 2.72. The molecular formula is C23H25NO5. The monoisotopic (exact) mass is 395 g/mol. The standard InChI is InChI=1S/C23H25NO5/c1-3-7-15(2)24-21(25)14-28-22(26)17-10-11-19-18(12-17)13-20(29-23(19)27)16-8-5-4-6-9-16/h4-6,8-12,15,20H,3,7,13-14H2,1-2H3,(H,24,25)/t15-,20+/m1/s1. The van der Waals surface area contributed by atoms with Crippen molar-refractivity contribution in [2.75, 3.05) is 6.61 Å². The first-order valence-electron chi connectivity index (χ1n) is 9.83. The molecule has 1 heterocycles. The zero-order valence-electron chi connectivity index (χ0n) is 16.6. The number of esters is 2. The Balaban J connectivity index is 1.66. The largest absolute Gasteiger partial charge is 0.454 e. The third-order valence-electron chi connectivity index (χ3n) is 4.85. The van der Waals surface area contributed by atoms with Crippen molar-refractivity contribution in [3.63, 3.8) is 0 Å². The molecule has 1 aliphatic rings. The van der Waals surface area contributed by atoms with Gasteiger partial charge in [-0.3, -0.25) is 4.79 Å². The van der Waals surface area contributed by atoms with E-state index in [9.17, 15) is 14.4 Å². The van der Waals surface area contributed by atoms with Gasteiger partial charge in [0.25, 0.3) is 5.91 Å². The summed E-state index contributed by atoms with van der Waals surface area (Å²) >= 11 is 0. The highest BCUT2D eigenvalue weighted by atomic mass is 16.5. The van der Waals surface area contributed by atoms with E-state index in [4.69, 9.17) is 9.47 Å². The molecule has 0 saturated carbocycles. The van der Waals surface area contributed by atoms with Gasteiger partial charge >= 0.3 is 11.9 Å². The summed E-state index contributed by atoms with van der Waals surface area (Å²) in [5.41, 5.74) is 2.38. The molecule has 152 valence electrons. The van der Waals surface area contributed by atoms with Gasteiger partial charge < -0.3 is 14.8 Å². The molecule has 0 unspecified atom stereocenters. The third kappa shape index (κ3) is 5.22. The maximum Gasteiger partial charge on any atom is 0.339 e. The summed E-state index contributed by atoms with van der Waals surface area (Å²) in [6.45, 7) is 3.62. The first-order chi connectivity index (χ1) is 14.0. The molecule has 0 spiro atoms. The minimum Gasteiger partial charge on any atom is -0.454 e. The summed E-state index contributed by atoms with van der Waals surface area (Å²) in [5, 5.41) is 2.79. The van der Waals surface area contributed by atoms with Gasteiger partial charge in [-0.05, 0) is 42.7 Å². The lowest BCUT2D eigenvalue weighted by Crippen LogP contribution is -2.35. The summed E-state index contributed by atoms with van der Waals surface area (Å²) in [5.74, 6) is -1.34. The predicted octanol–water partition coefficient (Wildman–Crippen LogP) is 3.60. The summed E-state index contributed by atoms with van der Waals surface area (Å²) < 4.78 is 10.7. The van der Waals surface area contributed by atoms with Crippen LogP contribution in [0.1, 0.15) is 64.6 Å². The van der Waals surface area contributed by atoms with Crippen LogP contribution in [0.5, 0.6) is 0 Å². The number of fused-ring (bicyclic) bond motifs is 1. The van der Waals surface area contributed by atoms with E-state index in [2.05, 4.69) is 5.32 Å². The lowest BCUT2D eigenvalue weighted by molar-refractivity contribution is -0.124. The van der Waals surface area contributed by atoms with Crippen LogP contribution in [0, 0.1) is 0 Å². The minimum atomic E-state index is -0.596. The molecule has 2 aromatic carbocycles. The summed E-state index contributed by atoms with van der Waals surface area (Å²) in [7, 11) is 0. The Morgan fingerprint density at radius 3 is 2.69 bits per heavy atom. The second-order valence-electron chi connectivity index (χ2n) is 7.21. The van der Waals surface area contributed by atoms with E-state index in [1.807, 2.05) is 44.2 Å². The van der Waals surface area contributed by atoms with Crippen molar-refractivity contribution in [3.05, 3.63) is 70.8 Å². The number of amides is 1. The van der Waals surface area contributed by atoms with Gasteiger partial charge in [0, 0.05) is 12.5 Å². The molecule has 0 fully saturated rings. The van der Waals surface area contributed by atoms with Crippen LogP contribution in [0.15, 0.2) is 48.5 Å². The van der Waals surface area contributed by atoms with E-state index in [-0.39, 0.29) is 18.6 Å². The van der Waals surface area contributed by atoms with Crippen LogP contribution < -0.4 is 5.32 Å². The quantitative estimate of drug-likeness (QED) is 0.725. The molecule has 0 radical (unpaired) electrons. The van der Waals surface area contributed by atoms with Crippen molar-refractivity contribution in [1.82, 2.24) is 5.32 Å². The highest BCUT2D eigenvalue weighted by molar-refractivity contribution is 5.96. The van der Waals surface area contributed by atoms with Gasteiger partial charge in [-0.15, -0.1) is 0 Å². The van der Waals surface area contributed by atoms with E-state index >= 15 is 0 Å². The fourth-order valence-corrected chi connectivity index (χ4v) is 3.41. The average molecular weight is 395 g/mol. The first kappa shape index (κ1) is 20.6. The molecule has 1 amide bonds. The van der Waals surface area contributed by atoms with E-state index in [1.165, 1.54) is 6.07 Å². The molecule has 0 saturated heterocycles. The van der Waals surface area contributed by atoms with Crippen LogP contribution in [0.25, 0.3) is 0 Å². The second-order valence-corrected chi connectivity index (χ2v) is 7.21. The number of cyclic esters (lactones) is 1. The molecule has 0 aliphatic carbocycles. The van der Waals surface area contributed by atoms with E-state index in [1.54, 1.807) is 12.1 Å². The van der Waals surface area contributed by atoms with E-state index in [0.717, 1.165) is 24.0 Å². The zero-order valence-corrected chi connectivity index (χ0v) is 16.6. The van der Waals surface area contributed by atoms with Gasteiger partial charge in [0.15, 0.2) is 6.61 Å². The molecule has 6 nitrogen and oxygen atoms in total. The van der Waals surface area contributed by atoms with Gasteiger partial charge in [0.05, 0.1) is 11.1 Å². The van der Waals surface area contributed by atoms with E-state index < -0.39 is 18.0 Å². The molecule has 0 bridgehead atoms. The second kappa shape index (κ2) is 9.37. The number of ether oxygens (including phenoxy) is 2. The molecular weight excluding hydrogens is 370 g/mol. The number of benzene rings is 2. The lowest BCUT2D eigenvalue weighted by Gasteiger charge is -2.25. The van der Waals surface area contributed by atoms with Crippen LogP contribution in [0.3, 0.4) is 0 Å². The van der Waals surface area contributed by atoms with Crippen molar-refractivity contribution in [2.24, 2.45) is 0 Å². The van der Waals surface area contributed by atoms with Crippen LogP contribution in [-0.4, -0.2) is 30.5 Å². The Kier molecular flexibility index (Phi) is 6.65. The smallest absolute Gasteiger partial charge is 0.339 e. The topological polar surface area (TPSA) is 81.7 Å². The maximum absolute atomic E-state index is 12.4. The highest BCUT2D eigenvalue weighted by Gasteiger charge is 2.28. The molecule has 0 aromatic heterocycles. The van der Waals surface area contributed by atoms with Gasteiger partial charge in [-0.2, -0.15) is 0 Å². The predicted molar refractivity (Wildman–Crippen MR) is 108 cm³/mol. The zero-order chi connectivity index (χ0) is 20.8. The summed E-state index contributed by atoms with van der Waals surface area (Å²) in [6.07, 6.45) is 1.90. The first-order valence-corrected chi connectivity index (χ1v) is 9.83. The molecule has 6 heteroatoms. The molecule has 1 aliphatic heterocycles. The number of carbonyl (C=O) groups is 3. The molecule has 29 heavy (non-hydrogen) atoms. The van der Waals surface area contributed by atoms with Crippen molar-refractivity contribution < 1.29 is 23.9 Å². The van der Waals surface area contributed by atoms with Gasteiger partial charge in [0.2, 0.25) is 0 Å². The Bertz CT molecular complexity index is 893. The van der Waals surface area contributed by atoms with Crippen LogP contribution in [0.4, 0.5) is 0 Å². The lowest BCUT2D eigenvalue weighted by atomic mass is 9.93. The van der Waals surface area contributed by atoms with Crippen LogP contribution >= 0.6 is 0 Å². The van der Waals surface area contributed by atoms with Gasteiger partial charge in [-0.25, -0.2) is 9.59 Å². The third-order valence-corrected chi connectivity index (χ3v) is 4.85. The van der Waals surface area contributed by atoms with Gasteiger partial charge in [0.1, 0.15) is 6.10 Å². The summed E-state index contributed by atoms with van der Waals surface area (Å²) in [6, 6.07) is 14.2. The fraction of sp³-hybridized carbons (Fsp3) is 0.348. The summed E-state index contributed by atoms with van der Waals surface area (Å²) in [4.78, 5) is 36.6. The normalized spacial score (nSPS) is 16.3. The van der Waals surface area contributed by atoms with Crippen LogP contribution in [-0.2, 0) is 20.7 Å². The Labute approximate surface area is 170 Å². The number of nitrogens with one attached hydrogen (secondary N) is 1. The SMILES string of the molecule is CCC[C@@H](C)NC(=O)COC(=O)c1ccc2c(c1)C[C@@H](c1ccccc1)OC2=O. The number of hydrogen-bond donors (Lipinski definition) is 1. The van der Waals surface area contributed by atoms with E-state index in [0.29, 0.717) is 17.5 Å². The van der Waals surface area contributed by atoms with Crippen molar-refractivity contribution >= 4 is 17.8 Å². The molecule has 2 atom stereocenters. The van der Waals surface area contributed by atoms with Crippen LogP contribution in [0.2, 0.25) is 0 Å². The van der Waals surface area contributed by atoms with Crippen molar-refractivity contribution in [1.29, 1.82) is 0 Å². The Morgan fingerprint density at radius 2 is 1.97 bits per heavy atom. The minimum absolute atomic E-state index is 0.0379. The number of rotatable bonds is 7. The molecule has 1 N–H and O–H groups in total. The fourth-order valence-electron chi connectivity index (χ4n) is 3.41. The Hall–Kier alpha value is -3.15. The van der Waals surface area contributed by atoms with Crippen molar-refractivity contribution in [3.8, 4) is 0 Å². The number of hydrogen-bond acceptors (Lipinski definition) is 5. The highest BCUT2D eigenvalue weighted by Crippen LogP contribution is 2.31. The maximum atomic E-state index is 12.4. The molecule has 3 rings (SSSR count). The Morgan fingerprint density at radius 1 is 1.21 bits per heavy atom. The van der Waals surface area contributed by atoms with Gasteiger partial charge in [-0.1, -0.05) is 43.7 Å². The van der Waals surface area contributed by atoms with Crippen molar-refractivity contribution in [2.45, 2.75) is 45.3 Å². The number of carbonyl (C=O) groups excluding carboxylic acids is 3.